The number of amides is 2. The minimum absolute atomic E-state index is 0.0526. The lowest BCUT2D eigenvalue weighted by Crippen LogP contribution is -2.14. The molecule has 0 saturated heterocycles. The van der Waals surface area contributed by atoms with Gasteiger partial charge in [-0.1, -0.05) is 6.92 Å². The van der Waals surface area contributed by atoms with Crippen molar-refractivity contribution >= 4 is 23.2 Å². The van der Waals surface area contributed by atoms with Crippen LogP contribution in [-0.2, 0) is 9.59 Å². The van der Waals surface area contributed by atoms with E-state index in [1.165, 1.54) is 25.1 Å². The van der Waals surface area contributed by atoms with Crippen LogP contribution in [0.5, 0.6) is 0 Å². The summed E-state index contributed by atoms with van der Waals surface area (Å²) in [6.07, 6.45) is 2.02. The number of nitrogens with two attached hydrogens (primary N) is 1. The summed E-state index contributed by atoms with van der Waals surface area (Å²) >= 11 is 0. The van der Waals surface area contributed by atoms with Crippen molar-refractivity contribution in [1.82, 2.24) is 0 Å². The highest BCUT2D eigenvalue weighted by atomic mass is 19.1. The minimum atomic E-state index is -0.542. The van der Waals surface area contributed by atoms with Crippen LogP contribution < -0.4 is 16.4 Å². The lowest BCUT2D eigenvalue weighted by atomic mass is 10.0. The number of nitrogens with one attached hydrogen (secondary N) is 2. The molecular weight excluding hydrogens is 273 g/mol. The summed E-state index contributed by atoms with van der Waals surface area (Å²) in [5, 5.41) is 5.07. The van der Waals surface area contributed by atoms with Gasteiger partial charge in [0.1, 0.15) is 5.82 Å². The molecule has 0 spiro atoms. The molecule has 0 aromatic heterocycles. The fourth-order valence-electron chi connectivity index (χ4n) is 1.92. The summed E-state index contributed by atoms with van der Waals surface area (Å²) < 4.78 is 13.5. The highest BCUT2D eigenvalue weighted by Crippen LogP contribution is 2.20. The molecule has 2 amide bonds. The number of rotatable bonds is 7. The SMILES string of the molecule is CC(=O)Nc1cc(NC(=O)CCC(C)CCN)ccc1F. The van der Waals surface area contributed by atoms with E-state index in [2.05, 4.69) is 10.6 Å². The van der Waals surface area contributed by atoms with Gasteiger partial charge in [0, 0.05) is 19.0 Å². The zero-order valence-electron chi connectivity index (χ0n) is 12.4. The Labute approximate surface area is 124 Å². The first-order chi connectivity index (χ1) is 9.92. The van der Waals surface area contributed by atoms with Crippen LogP contribution in [0.2, 0.25) is 0 Å². The molecule has 1 atom stereocenters. The Morgan fingerprint density at radius 1 is 1.29 bits per heavy atom. The summed E-state index contributed by atoms with van der Waals surface area (Å²) in [5.41, 5.74) is 5.97. The van der Waals surface area contributed by atoms with E-state index < -0.39 is 5.82 Å². The van der Waals surface area contributed by atoms with E-state index in [1.54, 1.807) is 0 Å². The number of benzene rings is 1. The third-order valence-electron chi connectivity index (χ3n) is 3.08. The second kappa shape index (κ2) is 8.36. The average molecular weight is 295 g/mol. The van der Waals surface area contributed by atoms with Gasteiger partial charge in [0.2, 0.25) is 11.8 Å². The first-order valence-electron chi connectivity index (χ1n) is 6.99. The van der Waals surface area contributed by atoms with Crippen molar-refractivity contribution < 1.29 is 14.0 Å². The van der Waals surface area contributed by atoms with E-state index in [0.29, 0.717) is 24.6 Å². The molecule has 1 unspecified atom stereocenters. The zero-order valence-corrected chi connectivity index (χ0v) is 12.4. The van der Waals surface area contributed by atoms with Gasteiger partial charge in [-0.2, -0.15) is 0 Å². The molecule has 0 radical (unpaired) electrons. The standard InChI is InChI=1S/C15H22FN3O2/c1-10(7-8-17)3-6-15(21)19-12-4-5-13(16)14(9-12)18-11(2)20/h4-5,9-10H,3,6-8,17H2,1-2H3,(H,18,20)(H,19,21). The molecular formula is C15H22FN3O2. The van der Waals surface area contributed by atoms with Gasteiger partial charge in [-0.25, -0.2) is 4.39 Å². The molecule has 6 heteroatoms. The summed E-state index contributed by atoms with van der Waals surface area (Å²) in [7, 11) is 0. The van der Waals surface area contributed by atoms with E-state index in [1.807, 2.05) is 6.92 Å². The van der Waals surface area contributed by atoms with Gasteiger partial charge >= 0.3 is 0 Å². The maximum Gasteiger partial charge on any atom is 0.224 e. The number of carbonyl (C=O) groups is 2. The van der Waals surface area contributed by atoms with Gasteiger partial charge in [-0.3, -0.25) is 9.59 Å². The maximum absolute atomic E-state index is 13.5. The molecule has 1 aromatic carbocycles. The van der Waals surface area contributed by atoms with E-state index in [0.717, 1.165) is 12.8 Å². The van der Waals surface area contributed by atoms with Gasteiger partial charge in [-0.05, 0) is 43.5 Å². The Morgan fingerprint density at radius 2 is 2.00 bits per heavy atom. The van der Waals surface area contributed by atoms with Gasteiger partial charge in [0.25, 0.3) is 0 Å². The zero-order chi connectivity index (χ0) is 15.8. The highest BCUT2D eigenvalue weighted by Gasteiger charge is 2.09. The fourth-order valence-corrected chi connectivity index (χ4v) is 1.92. The van der Waals surface area contributed by atoms with Crippen molar-refractivity contribution in [2.45, 2.75) is 33.1 Å². The Balaban J connectivity index is 2.58. The second-order valence-electron chi connectivity index (χ2n) is 5.15. The quantitative estimate of drug-likeness (QED) is 0.722. The molecule has 0 aliphatic carbocycles. The topological polar surface area (TPSA) is 84.2 Å². The van der Waals surface area contributed by atoms with Crippen LogP contribution in [0.4, 0.5) is 15.8 Å². The Hall–Kier alpha value is -1.95. The lowest BCUT2D eigenvalue weighted by molar-refractivity contribution is -0.116. The van der Waals surface area contributed by atoms with E-state index in [-0.39, 0.29) is 17.5 Å². The summed E-state index contributed by atoms with van der Waals surface area (Å²) in [6.45, 7) is 3.96. The first-order valence-corrected chi connectivity index (χ1v) is 6.99. The molecule has 0 fully saturated rings. The monoisotopic (exact) mass is 295 g/mol. The fraction of sp³-hybridized carbons (Fsp3) is 0.467. The molecule has 0 aliphatic rings. The van der Waals surface area contributed by atoms with Gasteiger partial charge < -0.3 is 16.4 Å². The summed E-state index contributed by atoms with van der Waals surface area (Å²) in [5.74, 6) is -0.657. The third-order valence-corrected chi connectivity index (χ3v) is 3.08. The number of carbonyl (C=O) groups excluding carboxylic acids is 2. The Bertz CT molecular complexity index is 506. The largest absolute Gasteiger partial charge is 0.330 e. The van der Waals surface area contributed by atoms with Crippen molar-refractivity contribution in [2.75, 3.05) is 17.2 Å². The minimum Gasteiger partial charge on any atom is -0.330 e. The highest BCUT2D eigenvalue weighted by molar-refractivity contribution is 5.93. The molecule has 21 heavy (non-hydrogen) atoms. The predicted molar refractivity (Wildman–Crippen MR) is 81.4 cm³/mol. The third kappa shape index (κ3) is 6.35. The average Bonchev–Trinajstić information content (AvgIpc) is 2.40. The van der Waals surface area contributed by atoms with Crippen LogP contribution in [0.15, 0.2) is 18.2 Å². The van der Waals surface area contributed by atoms with Crippen molar-refractivity contribution in [2.24, 2.45) is 11.7 Å². The molecule has 5 nitrogen and oxygen atoms in total. The van der Waals surface area contributed by atoms with Crippen molar-refractivity contribution in [3.8, 4) is 0 Å². The lowest BCUT2D eigenvalue weighted by Gasteiger charge is -2.11. The van der Waals surface area contributed by atoms with Gasteiger partial charge in [0.15, 0.2) is 0 Å². The number of hydrogen-bond donors (Lipinski definition) is 3. The molecule has 0 saturated carbocycles. The smallest absolute Gasteiger partial charge is 0.224 e. The molecule has 0 bridgehead atoms. The van der Waals surface area contributed by atoms with Crippen molar-refractivity contribution in [1.29, 1.82) is 0 Å². The Morgan fingerprint density at radius 3 is 2.62 bits per heavy atom. The molecule has 0 aliphatic heterocycles. The maximum atomic E-state index is 13.5. The van der Waals surface area contributed by atoms with E-state index in [9.17, 15) is 14.0 Å². The van der Waals surface area contributed by atoms with Gasteiger partial charge in [0.05, 0.1) is 5.69 Å². The normalized spacial score (nSPS) is 11.8. The molecule has 1 rings (SSSR count). The second-order valence-corrected chi connectivity index (χ2v) is 5.15. The van der Waals surface area contributed by atoms with E-state index in [4.69, 9.17) is 5.73 Å². The molecule has 4 N–H and O–H groups in total. The molecule has 1 aromatic rings. The van der Waals surface area contributed by atoms with Crippen LogP contribution in [0.3, 0.4) is 0 Å². The number of hydrogen-bond acceptors (Lipinski definition) is 3. The Kier molecular flexibility index (Phi) is 6.81. The summed E-state index contributed by atoms with van der Waals surface area (Å²) in [4.78, 5) is 22.8. The van der Waals surface area contributed by atoms with E-state index >= 15 is 0 Å². The summed E-state index contributed by atoms with van der Waals surface area (Å²) in [6, 6.07) is 4.07. The molecule has 0 heterocycles. The van der Waals surface area contributed by atoms with Crippen LogP contribution >= 0.6 is 0 Å². The van der Waals surface area contributed by atoms with Crippen LogP contribution in [-0.4, -0.2) is 18.4 Å². The number of anilines is 2. The van der Waals surface area contributed by atoms with Crippen molar-refractivity contribution in [3.05, 3.63) is 24.0 Å². The van der Waals surface area contributed by atoms with Crippen molar-refractivity contribution in [3.63, 3.8) is 0 Å². The first kappa shape index (κ1) is 17.1. The predicted octanol–water partition coefficient (Wildman–Crippen LogP) is 2.49. The van der Waals surface area contributed by atoms with Crippen LogP contribution in [0.25, 0.3) is 0 Å². The molecule has 116 valence electrons. The van der Waals surface area contributed by atoms with Crippen LogP contribution in [0, 0.1) is 11.7 Å². The van der Waals surface area contributed by atoms with Crippen LogP contribution in [0.1, 0.15) is 33.1 Å². The number of halogens is 1. The van der Waals surface area contributed by atoms with Gasteiger partial charge in [-0.15, -0.1) is 0 Å².